The van der Waals surface area contributed by atoms with Gasteiger partial charge >= 0.3 is 5.97 Å². The molecule has 0 radical (unpaired) electrons. The predicted molar refractivity (Wildman–Crippen MR) is 115 cm³/mol. The summed E-state index contributed by atoms with van der Waals surface area (Å²) in [6.45, 7) is 1.33. The molecule has 0 aromatic heterocycles. The van der Waals surface area contributed by atoms with Crippen LogP contribution < -0.4 is 14.8 Å². The quantitative estimate of drug-likeness (QED) is 0.448. The fraction of sp³-hybridized carbons (Fsp3) is 0.174. The second kappa shape index (κ2) is 10.2. The summed E-state index contributed by atoms with van der Waals surface area (Å²) < 4.78 is 25.5. The van der Waals surface area contributed by atoms with Crippen molar-refractivity contribution in [1.29, 1.82) is 0 Å². The third-order valence-corrected chi connectivity index (χ3v) is 5.26. The van der Waals surface area contributed by atoms with Gasteiger partial charge in [-0.3, -0.25) is 0 Å². The Morgan fingerprint density at radius 2 is 1.67 bits per heavy atom. The fourth-order valence-corrected chi connectivity index (χ4v) is 3.35. The average Bonchev–Trinajstić information content (AvgIpc) is 2.75. The van der Waals surface area contributed by atoms with Crippen molar-refractivity contribution in [3.05, 3.63) is 93.2 Å². The van der Waals surface area contributed by atoms with Gasteiger partial charge in [0.2, 0.25) is 0 Å². The number of methoxy groups -OCH3 is 1. The van der Waals surface area contributed by atoms with Crippen molar-refractivity contribution in [2.45, 2.75) is 19.7 Å². The monoisotopic (exact) mass is 473 g/mol. The van der Waals surface area contributed by atoms with E-state index in [1.807, 2.05) is 12.1 Å². The number of hydrogen-bond acceptors (Lipinski definition) is 4. The molecule has 3 aromatic carbocycles. The van der Waals surface area contributed by atoms with E-state index >= 15 is 0 Å². The summed E-state index contributed by atoms with van der Waals surface area (Å²) in [7, 11) is 1.58. The van der Waals surface area contributed by atoms with Crippen LogP contribution in [-0.4, -0.2) is 18.2 Å². The summed E-state index contributed by atoms with van der Waals surface area (Å²) in [4.78, 5) is 11.0. The molecule has 3 rings (SSSR count). The molecule has 0 saturated heterocycles. The number of carboxylic acid groups (broad SMARTS) is 1. The molecule has 0 heterocycles. The lowest BCUT2D eigenvalue weighted by Crippen LogP contribution is -2.15. The van der Waals surface area contributed by atoms with Crippen LogP contribution in [0.5, 0.6) is 11.5 Å². The van der Waals surface area contributed by atoms with E-state index in [-0.39, 0.29) is 18.0 Å². The number of aromatic carboxylic acids is 1. The van der Waals surface area contributed by atoms with Crippen molar-refractivity contribution >= 4 is 21.9 Å². The maximum absolute atomic E-state index is 13.1. The highest BCUT2D eigenvalue weighted by molar-refractivity contribution is 9.10. The predicted octanol–water partition coefficient (Wildman–Crippen LogP) is 5.16. The van der Waals surface area contributed by atoms with Gasteiger partial charge in [0.25, 0.3) is 0 Å². The topological polar surface area (TPSA) is 67.8 Å². The Hall–Kier alpha value is -2.90. The van der Waals surface area contributed by atoms with Gasteiger partial charge in [-0.2, -0.15) is 0 Å². The zero-order valence-electron chi connectivity index (χ0n) is 16.3. The van der Waals surface area contributed by atoms with Crippen LogP contribution in [0.1, 0.15) is 27.0 Å². The molecule has 0 aliphatic rings. The van der Waals surface area contributed by atoms with Gasteiger partial charge < -0.3 is 19.9 Å². The van der Waals surface area contributed by atoms with Crippen LogP contribution in [0.25, 0.3) is 0 Å². The van der Waals surface area contributed by atoms with Crippen molar-refractivity contribution in [2.24, 2.45) is 0 Å². The first-order valence-corrected chi connectivity index (χ1v) is 10.0. The third-order valence-electron chi connectivity index (χ3n) is 4.52. The van der Waals surface area contributed by atoms with Crippen LogP contribution in [0.4, 0.5) is 4.39 Å². The Labute approximate surface area is 182 Å². The summed E-state index contributed by atoms with van der Waals surface area (Å²) in [5.41, 5.74) is 2.95. The number of ether oxygens (including phenoxy) is 2. The molecule has 0 bridgehead atoms. The van der Waals surface area contributed by atoms with Crippen molar-refractivity contribution in [3.8, 4) is 11.5 Å². The minimum Gasteiger partial charge on any atom is -0.493 e. The van der Waals surface area contributed by atoms with E-state index in [0.29, 0.717) is 24.6 Å². The van der Waals surface area contributed by atoms with Crippen LogP contribution in [0.2, 0.25) is 0 Å². The number of benzene rings is 3. The van der Waals surface area contributed by atoms with E-state index in [1.54, 1.807) is 43.5 Å². The van der Waals surface area contributed by atoms with Crippen LogP contribution in [-0.2, 0) is 19.7 Å². The molecule has 0 unspecified atom stereocenters. The van der Waals surface area contributed by atoms with Gasteiger partial charge in [0.15, 0.2) is 11.5 Å². The smallest absolute Gasteiger partial charge is 0.335 e. The highest BCUT2D eigenvalue weighted by Crippen LogP contribution is 2.36. The van der Waals surface area contributed by atoms with E-state index in [1.165, 1.54) is 12.1 Å². The number of carbonyl (C=O) groups is 1. The fourth-order valence-electron chi connectivity index (χ4n) is 2.90. The Kier molecular flexibility index (Phi) is 7.43. The van der Waals surface area contributed by atoms with E-state index < -0.39 is 5.97 Å². The largest absolute Gasteiger partial charge is 0.493 e. The number of nitrogens with one attached hydrogen (secondary N) is 1. The number of hydrogen-bond donors (Lipinski definition) is 2. The molecule has 0 aliphatic carbocycles. The zero-order valence-corrected chi connectivity index (χ0v) is 17.9. The molecule has 2 N–H and O–H groups in total. The van der Waals surface area contributed by atoms with E-state index in [2.05, 4.69) is 21.2 Å². The molecular weight excluding hydrogens is 453 g/mol. The van der Waals surface area contributed by atoms with Crippen molar-refractivity contribution in [3.63, 3.8) is 0 Å². The molecule has 0 spiro atoms. The molecule has 0 saturated carbocycles. The molecule has 3 aromatic rings. The number of rotatable bonds is 9. The van der Waals surface area contributed by atoms with Crippen LogP contribution in [0.3, 0.4) is 0 Å². The third kappa shape index (κ3) is 5.58. The first kappa shape index (κ1) is 21.8. The zero-order chi connectivity index (χ0) is 21.5. The van der Waals surface area contributed by atoms with Crippen LogP contribution >= 0.6 is 15.9 Å². The summed E-state index contributed by atoms with van der Waals surface area (Å²) >= 11 is 3.57. The first-order chi connectivity index (χ1) is 14.5. The number of carboxylic acids is 1. The highest BCUT2D eigenvalue weighted by atomic mass is 79.9. The van der Waals surface area contributed by atoms with Crippen molar-refractivity contribution in [2.75, 3.05) is 7.11 Å². The standard InChI is InChI=1S/C23H21BrFNO4/c1-29-21-11-10-20(24)19(22(21)30-14-16-4-8-18(25)9-5-16)13-26-12-15-2-6-17(7-3-15)23(27)28/h2-11,26H,12-14H2,1H3,(H,27,28). The van der Waals surface area contributed by atoms with Crippen LogP contribution in [0, 0.1) is 5.82 Å². The highest BCUT2D eigenvalue weighted by Gasteiger charge is 2.15. The van der Waals surface area contributed by atoms with Crippen molar-refractivity contribution < 1.29 is 23.8 Å². The molecule has 5 nitrogen and oxygen atoms in total. The molecule has 0 aliphatic heterocycles. The Bertz CT molecular complexity index is 1010. The lowest BCUT2D eigenvalue weighted by molar-refractivity contribution is 0.0697. The molecule has 0 atom stereocenters. The molecule has 30 heavy (non-hydrogen) atoms. The van der Waals surface area contributed by atoms with Crippen LogP contribution in [0.15, 0.2) is 65.1 Å². The van der Waals surface area contributed by atoms with Gasteiger partial charge in [-0.1, -0.05) is 40.2 Å². The van der Waals surface area contributed by atoms with Gasteiger partial charge in [0.05, 0.1) is 12.7 Å². The molecule has 0 amide bonds. The summed E-state index contributed by atoms with van der Waals surface area (Å²) in [5, 5.41) is 12.3. The van der Waals surface area contributed by atoms with Gasteiger partial charge in [-0.15, -0.1) is 0 Å². The lowest BCUT2D eigenvalue weighted by Gasteiger charge is -2.17. The minimum absolute atomic E-state index is 0.255. The van der Waals surface area contributed by atoms with Gasteiger partial charge in [-0.25, -0.2) is 9.18 Å². The SMILES string of the molecule is COc1ccc(Br)c(CNCc2ccc(C(=O)O)cc2)c1OCc1ccc(F)cc1. The van der Waals surface area contributed by atoms with E-state index in [0.717, 1.165) is 21.2 Å². The Balaban J connectivity index is 1.71. The van der Waals surface area contributed by atoms with Gasteiger partial charge in [0, 0.05) is 23.1 Å². The number of halogens is 2. The van der Waals surface area contributed by atoms with Crippen molar-refractivity contribution in [1.82, 2.24) is 5.32 Å². The Morgan fingerprint density at radius 1 is 1.00 bits per heavy atom. The van der Waals surface area contributed by atoms with E-state index in [4.69, 9.17) is 14.6 Å². The normalized spacial score (nSPS) is 10.6. The maximum atomic E-state index is 13.1. The molecule has 7 heteroatoms. The van der Waals surface area contributed by atoms with E-state index in [9.17, 15) is 9.18 Å². The average molecular weight is 474 g/mol. The summed E-state index contributed by atoms with van der Waals surface area (Å²) in [6, 6.07) is 16.6. The van der Waals surface area contributed by atoms with Gasteiger partial charge in [-0.05, 0) is 47.5 Å². The summed E-state index contributed by atoms with van der Waals surface area (Å²) in [6.07, 6.45) is 0. The second-order valence-corrected chi connectivity index (χ2v) is 7.43. The maximum Gasteiger partial charge on any atom is 0.335 e. The second-order valence-electron chi connectivity index (χ2n) is 6.58. The Morgan fingerprint density at radius 3 is 2.30 bits per heavy atom. The molecule has 0 fully saturated rings. The minimum atomic E-state index is -0.947. The lowest BCUT2D eigenvalue weighted by atomic mass is 10.1. The molecular formula is C23H21BrFNO4. The summed E-state index contributed by atoms with van der Waals surface area (Å²) in [5.74, 6) is -0.0364. The molecule has 156 valence electrons. The van der Waals surface area contributed by atoms with Gasteiger partial charge in [0.1, 0.15) is 12.4 Å². The first-order valence-electron chi connectivity index (χ1n) is 9.23.